The molecule has 10 nitrogen and oxygen atoms in total. The third-order valence-electron chi connectivity index (χ3n) is 4.42. The van der Waals surface area contributed by atoms with Gasteiger partial charge in [-0.05, 0) is 23.8 Å². The van der Waals surface area contributed by atoms with Crippen LogP contribution in [0.1, 0.15) is 39.7 Å². The number of alkyl carbamates (subject to hydrolysis) is 1. The predicted octanol–water partition coefficient (Wildman–Crippen LogP) is 1.45. The third kappa shape index (κ3) is 10.1. The summed E-state index contributed by atoms with van der Waals surface area (Å²) >= 11 is 0. The van der Waals surface area contributed by atoms with Gasteiger partial charge in [0, 0.05) is 0 Å². The molecule has 0 aliphatic rings. The highest BCUT2D eigenvalue weighted by Gasteiger charge is 2.29. The summed E-state index contributed by atoms with van der Waals surface area (Å²) in [5.41, 5.74) is 9.20. The molecule has 10 heteroatoms. The van der Waals surface area contributed by atoms with Gasteiger partial charge in [0.15, 0.2) is 0 Å². The Kier molecular flexibility index (Phi) is 11.5. The molecule has 3 amide bonds. The fourth-order valence-electron chi connectivity index (χ4n) is 2.85. The molecule has 0 fully saturated rings. The van der Waals surface area contributed by atoms with Crippen LogP contribution in [0.15, 0.2) is 30.3 Å². The average Bonchev–Trinajstić information content (AvgIpc) is 2.72. The van der Waals surface area contributed by atoms with Gasteiger partial charge in [-0.15, -0.1) is 0 Å². The number of nitrogens with one attached hydrogen (secondary N) is 3. The number of amides is 3. The second-order valence-electron chi connectivity index (χ2n) is 8.06. The molecular weight excluding hydrogens is 414 g/mol. The maximum Gasteiger partial charge on any atom is 0.408 e. The van der Waals surface area contributed by atoms with Crippen LogP contribution in [-0.2, 0) is 25.7 Å². The van der Waals surface area contributed by atoms with Crippen molar-refractivity contribution in [2.45, 2.75) is 52.8 Å². The smallest absolute Gasteiger partial charge is 0.408 e. The van der Waals surface area contributed by atoms with Gasteiger partial charge in [0.1, 0.15) is 12.6 Å². The van der Waals surface area contributed by atoms with Crippen LogP contribution in [0.25, 0.3) is 5.53 Å². The van der Waals surface area contributed by atoms with Gasteiger partial charge in [-0.2, -0.15) is 4.79 Å². The van der Waals surface area contributed by atoms with E-state index in [1.807, 2.05) is 32.0 Å². The van der Waals surface area contributed by atoms with Crippen molar-refractivity contribution in [1.29, 1.82) is 0 Å². The van der Waals surface area contributed by atoms with Crippen LogP contribution < -0.4 is 16.0 Å². The number of hydrogen-bond acceptors (Lipinski definition) is 6. The highest BCUT2D eigenvalue weighted by atomic mass is 16.5. The fraction of sp³-hybridized carbons (Fsp3) is 0.500. The molecule has 0 radical (unpaired) electrons. The van der Waals surface area contributed by atoms with Crippen molar-refractivity contribution in [2.24, 2.45) is 11.8 Å². The number of carbonyl (C=O) groups excluding carboxylic acids is 4. The highest BCUT2D eigenvalue weighted by molar-refractivity contribution is 6.26. The van der Waals surface area contributed by atoms with E-state index in [9.17, 15) is 19.2 Å². The summed E-state index contributed by atoms with van der Waals surface area (Å²) in [6, 6.07) is 7.28. The van der Waals surface area contributed by atoms with E-state index in [0.717, 1.165) is 11.8 Å². The van der Waals surface area contributed by atoms with Crippen LogP contribution in [0.2, 0.25) is 0 Å². The lowest BCUT2D eigenvalue weighted by molar-refractivity contribution is -0.133. The minimum Gasteiger partial charge on any atom is -0.445 e. The van der Waals surface area contributed by atoms with Crippen molar-refractivity contribution in [3.05, 3.63) is 41.4 Å². The van der Waals surface area contributed by atoms with E-state index >= 15 is 0 Å². The summed E-state index contributed by atoms with van der Waals surface area (Å²) < 4.78 is 5.17. The zero-order valence-corrected chi connectivity index (χ0v) is 18.8. The molecule has 0 aromatic heterocycles. The Morgan fingerprint density at radius 2 is 1.72 bits per heavy atom. The molecule has 0 unspecified atom stereocenters. The number of carbonyl (C=O) groups is 4. The van der Waals surface area contributed by atoms with Crippen molar-refractivity contribution < 1.29 is 28.7 Å². The quantitative estimate of drug-likeness (QED) is 0.252. The lowest BCUT2D eigenvalue weighted by atomic mass is 10.0. The maximum absolute atomic E-state index is 12.7. The van der Waals surface area contributed by atoms with Crippen LogP contribution >= 0.6 is 0 Å². The van der Waals surface area contributed by atoms with Crippen molar-refractivity contribution in [3.8, 4) is 0 Å². The topological polar surface area (TPSA) is 150 Å². The van der Waals surface area contributed by atoms with E-state index in [-0.39, 0.29) is 25.0 Å². The molecular formula is C22H31N5O5. The first-order chi connectivity index (χ1) is 15.1. The number of Topliss-reactive ketones (excluding diaryl/α,β-unsaturated/α-hetero) is 1. The summed E-state index contributed by atoms with van der Waals surface area (Å²) in [4.78, 5) is 51.7. The van der Waals surface area contributed by atoms with Crippen molar-refractivity contribution in [2.75, 3.05) is 6.54 Å². The lowest BCUT2D eigenvalue weighted by Gasteiger charge is -2.23. The molecule has 1 rings (SSSR count). The van der Waals surface area contributed by atoms with Gasteiger partial charge in [-0.25, -0.2) is 4.79 Å². The molecule has 0 aliphatic carbocycles. The molecule has 3 N–H and O–H groups in total. The Balaban J connectivity index is 2.73. The molecule has 1 aromatic rings. The van der Waals surface area contributed by atoms with Gasteiger partial charge >= 0.3 is 12.3 Å². The second kappa shape index (κ2) is 13.8. The maximum atomic E-state index is 12.7. The summed E-state index contributed by atoms with van der Waals surface area (Å²) in [6.07, 6.45) is 0.247. The third-order valence-corrected chi connectivity index (χ3v) is 4.42. The Hall–Kier alpha value is -3.36. The van der Waals surface area contributed by atoms with E-state index in [1.54, 1.807) is 26.0 Å². The highest BCUT2D eigenvalue weighted by Crippen LogP contribution is 2.08. The molecule has 0 saturated carbocycles. The summed E-state index contributed by atoms with van der Waals surface area (Å²) in [6.45, 7) is 7.06. The number of rotatable bonds is 12. The summed E-state index contributed by atoms with van der Waals surface area (Å²) in [5, 5.41) is 7.55. The molecule has 0 aliphatic heterocycles. The molecule has 2 atom stereocenters. The van der Waals surface area contributed by atoms with E-state index < -0.39 is 35.8 Å². The van der Waals surface area contributed by atoms with Gasteiger partial charge in [0.2, 0.25) is 17.6 Å². The minimum absolute atomic E-state index is 0.0478. The number of nitrogens with zero attached hydrogens (tertiary/aromatic N) is 2. The first kappa shape index (κ1) is 26.7. The zero-order chi connectivity index (χ0) is 24.1. The number of imide groups is 1. The summed E-state index contributed by atoms with van der Waals surface area (Å²) in [5.74, 6) is -2.01. The monoisotopic (exact) mass is 445 g/mol. The van der Waals surface area contributed by atoms with Gasteiger partial charge in [-0.1, -0.05) is 58.0 Å². The molecule has 0 heterocycles. The molecule has 32 heavy (non-hydrogen) atoms. The number of benzene rings is 1. The van der Waals surface area contributed by atoms with Crippen LogP contribution in [0.5, 0.6) is 0 Å². The standard InChI is InChI=1S/C22H31N5O5/c1-14(2)10-18(26-22(31)32-13-16-8-6-5-7-9-16)20(29)27-21(30)19(15(3)4)24-11-17(28)12-25-23/h5-9,12,14-15,18-19,24H,10-11,13H2,1-4H3,(H,26,31)(H,27,29,30)/t18-,19-/m0/s1. The van der Waals surface area contributed by atoms with Crippen LogP contribution in [0.4, 0.5) is 4.79 Å². The Labute approximate surface area is 187 Å². The summed E-state index contributed by atoms with van der Waals surface area (Å²) in [7, 11) is 0. The van der Waals surface area contributed by atoms with E-state index in [0.29, 0.717) is 6.42 Å². The van der Waals surface area contributed by atoms with Gasteiger partial charge in [-0.3, -0.25) is 25.0 Å². The fourth-order valence-corrected chi connectivity index (χ4v) is 2.85. The lowest BCUT2D eigenvalue weighted by Crippen LogP contribution is -2.55. The van der Waals surface area contributed by atoms with Crippen LogP contribution in [0, 0.1) is 11.8 Å². The normalized spacial score (nSPS) is 12.4. The molecule has 174 valence electrons. The van der Waals surface area contributed by atoms with E-state index in [1.165, 1.54) is 0 Å². The molecule has 0 bridgehead atoms. The Bertz CT molecular complexity index is 834. The first-order valence-electron chi connectivity index (χ1n) is 10.4. The number of hydrogen-bond donors (Lipinski definition) is 3. The Morgan fingerprint density at radius 3 is 2.28 bits per heavy atom. The first-order valence-corrected chi connectivity index (χ1v) is 10.4. The second-order valence-corrected chi connectivity index (χ2v) is 8.06. The predicted molar refractivity (Wildman–Crippen MR) is 117 cm³/mol. The largest absolute Gasteiger partial charge is 0.445 e. The average molecular weight is 446 g/mol. The van der Waals surface area contributed by atoms with Crippen LogP contribution in [0.3, 0.4) is 0 Å². The molecule has 0 saturated heterocycles. The van der Waals surface area contributed by atoms with E-state index in [4.69, 9.17) is 10.3 Å². The zero-order valence-electron chi connectivity index (χ0n) is 18.8. The SMILES string of the molecule is CC(C)C[C@H](NC(=O)OCc1ccccc1)C(=O)NC(=O)[C@@H](NCC(=O)C=[N+]=[N-])C(C)C. The van der Waals surface area contributed by atoms with E-state index in [2.05, 4.69) is 20.7 Å². The van der Waals surface area contributed by atoms with Crippen molar-refractivity contribution in [1.82, 2.24) is 16.0 Å². The van der Waals surface area contributed by atoms with Gasteiger partial charge in [0.05, 0.1) is 12.6 Å². The van der Waals surface area contributed by atoms with Gasteiger partial charge in [0.25, 0.3) is 0 Å². The van der Waals surface area contributed by atoms with Crippen molar-refractivity contribution >= 4 is 29.9 Å². The minimum atomic E-state index is -0.974. The Morgan fingerprint density at radius 1 is 1.06 bits per heavy atom. The van der Waals surface area contributed by atoms with Gasteiger partial charge < -0.3 is 15.6 Å². The number of ether oxygens (including phenoxy) is 1. The van der Waals surface area contributed by atoms with Crippen LogP contribution in [-0.4, -0.2) is 53.3 Å². The molecule has 0 spiro atoms. The number of ketones is 1. The van der Waals surface area contributed by atoms with Crippen molar-refractivity contribution in [3.63, 3.8) is 0 Å². The molecule has 1 aromatic carbocycles.